The summed E-state index contributed by atoms with van der Waals surface area (Å²) in [5.41, 5.74) is 1.25. The number of aromatic nitrogens is 2. The van der Waals surface area contributed by atoms with Crippen molar-refractivity contribution in [3.8, 4) is 0 Å². The summed E-state index contributed by atoms with van der Waals surface area (Å²) in [6, 6.07) is 15.4. The molecule has 0 fully saturated rings. The minimum atomic E-state index is -0.981. The minimum absolute atomic E-state index is 0.153. The highest BCUT2D eigenvalue weighted by molar-refractivity contribution is 5.93. The molecule has 1 aromatic carbocycles. The van der Waals surface area contributed by atoms with E-state index in [4.69, 9.17) is 0 Å². The van der Waals surface area contributed by atoms with Crippen LogP contribution in [0.5, 0.6) is 0 Å². The van der Waals surface area contributed by atoms with Gasteiger partial charge in [0.1, 0.15) is 11.3 Å². The lowest BCUT2D eigenvalue weighted by atomic mass is 10.1. The van der Waals surface area contributed by atoms with Gasteiger partial charge in [0.15, 0.2) is 0 Å². The average Bonchev–Trinajstić information content (AvgIpc) is 2.97. The van der Waals surface area contributed by atoms with Crippen LogP contribution in [0.3, 0.4) is 0 Å². The van der Waals surface area contributed by atoms with Crippen LogP contribution in [0.1, 0.15) is 29.9 Å². The second kappa shape index (κ2) is 6.45. The molecule has 0 saturated carbocycles. The third-order valence-corrected chi connectivity index (χ3v) is 3.72. The van der Waals surface area contributed by atoms with Crippen molar-refractivity contribution in [2.45, 2.75) is 26.0 Å². The molecule has 0 saturated heterocycles. The van der Waals surface area contributed by atoms with Gasteiger partial charge in [-0.05, 0) is 31.5 Å². The molecule has 1 amide bonds. The van der Waals surface area contributed by atoms with Crippen molar-refractivity contribution in [3.63, 3.8) is 0 Å². The molecule has 0 radical (unpaired) electrons. The lowest BCUT2D eigenvalue weighted by Crippen LogP contribution is -2.42. The Morgan fingerprint density at radius 3 is 2.58 bits per heavy atom. The average molecular weight is 323 g/mol. The Bertz CT molecular complexity index is 834. The Morgan fingerprint density at radius 2 is 1.88 bits per heavy atom. The Labute approximate surface area is 141 Å². The molecular formula is C19H21N3O2. The van der Waals surface area contributed by atoms with Gasteiger partial charge in [0.25, 0.3) is 5.91 Å². The van der Waals surface area contributed by atoms with Crippen LogP contribution in [-0.4, -0.2) is 37.4 Å². The molecule has 0 atom stereocenters. The summed E-state index contributed by atoms with van der Waals surface area (Å²) in [6.45, 7) is 4.07. The number of hydrogen-bond donors (Lipinski definition) is 1. The number of carbonyl (C=O) groups is 1. The monoisotopic (exact) mass is 323 g/mol. The number of nitrogens with zero attached hydrogens (tertiary/aromatic N) is 3. The molecule has 3 aromatic rings. The van der Waals surface area contributed by atoms with E-state index in [-0.39, 0.29) is 12.5 Å². The minimum Gasteiger partial charge on any atom is -0.389 e. The third-order valence-electron chi connectivity index (χ3n) is 3.72. The second-order valence-corrected chi connectivity index (χ2v) is 6.53. The maximum absolute atomic E-state index is 13.1. The Hall–Kier alpha value is -2.66. The van der Waals surface area contributed by atoms with Gasteiger partial charge >= 0.3 is 0 Å². The third kappa shape index (κ3) is 3.63. The van der Waals surface area contributed by atoms with E-state index in [0.717, 1.165) is 11.2 Å². The summed E-state index contributed by atoms with van der Waals surface area (Å²) in [4.78, 5) is 19.0. The smallest absolute Gasteiger partial charge is 0.272 e. The van der Waals surface area contributed by atoms with Gasteiger partial charge in [-0.15, -0.1) is 0 Å². The van der Waals surface area contributed by atoms with Gasteiger partial charge in [0, 0.05) is 19.3 Å². The summed E-state index contributed by atoms with van der Waals surface area (Å²) < 4.78 is 1.77. The van der Waals surface area contributed by atoms with E-state index < -0.39 is 5.60 Å². The SMILES string of the molecule is CC(C)(O)CN(Cc1ccccc1)C(=O)c1cnc2ccccn12. The van der Waals surface area contributed by atoms with Crippen molar-refractivity contribution in [3.05, 3.63) is 72.2 Å². The van der Waals surface area contributed by atoms with Crippen LogP contribution in [-0.2, 0) is 6.54 Å². The number of carbonyl (C=O) groups excluding carboxylic acids is 1. The van der Waals surface area contributed by atoms with E-state index in [1.165, 1.54) is 0 Å². The van der Waals surface area contributed by atoms with E-state index in [9.17, 15) is 9.90 Å². The second-order valence-electron chi connectivity index (χ2n) is 6.53. The van der Waals surface area contributed by atoms with Gasteiger partial charge in [0.05, 0.1) is 11.8 Å². The maximum Gasteiger partial charge on any atom is 0.272 e. The van der Waals surface area contributed by atoms with Crippen LogP contribution >= 0.6 is 0 Å². The molecule has 2 aromatic heterocycles. The summed E-state index contributed by atoms with van der Waals surface area (Å²) in [6.07, 6.45) is 3.40. The summed E-state index contributed by atoms with van der Waals surface area (Å²) in [7, 11) is 0. The largest absolute Gasteiger partial charge is 0.389 e. The number of imidazole rings is 1. The maximum atomic E-state index is 13.1. The van der Waals surface area contributed by atoms with E-state index in [1.54, 1.807) is 29.3 Å². The van der Waals surface area contributed by atoms with Gasteiger partial charge in [-0.1, -0.05) is 36.4 Å². The van der Waals surface area contributed by atoms with E-state index in [2.05, 4.69) is 4.98 Å². The van der Waals surface area contributed by atoms with Crippen LogP contribution in [0.4, 0.5) is 0 Å². The van der Waals surface area contributed by atoms with Crippen LogP contribution in [0.25, 0.3) is 5.65 Å². The summed E-state index contributed by atoms with van der Waals surface area (Å²) >= 11 is 0. The Morgan fingerprint density at radius 1 is 1.17 bits per heavy atom. The molecule has 0 aliphatic carbocycles. The molecule has 0 bridgehead atoms. The quantitative estimate of drug-likeness (QED) is 0.785. The highest BCUT2D eigenvalue weighted by Crippen LogP contribution is 2.15. The molecule has 0 unspecified atom stereocenters. The highest BCUT2D eigenvalue weighted by Gasteiger charge is 2.25. The molecule has 5 nitrogen and oxygen atoms in total. The van der Waals surface area contributed by atoms with Crippen molar-refractivity contribution in [2.75, 3.05) is 6.54 Å². The number of benzene rings is 1. The van der Waals surface area contributed by atoms with Gasteiger partial charge in [-0.2, -0.15) is 0 Å². The first-order valence-corrected chi connectivity index (χ1v) is 7.92. The predicted octanol–water partition coefficient (Wildman–Crippen LogP) is 2.75. The van der Waals surface area contributed by atoms with E-state index in [1.807, 2.05) is 54.7 Å². The number of hydrogen-bond acceptors (Lipinski definition) is 3. The van der Waals surface area contributed by atoms with Crippen LogP contribution in [0, 0.1) is 0 Å². The number of fused-ring (bicyclic) bond motifs is 1. The molecule has 0 spiro atoms. The fourth-order valence-electron chi connectivity index (χ4n) is 2.72. The zero-order valence-corrected chi connectivity index (χ0v) is 13.9. The fraction of sp³-hybridized carbons (Fsp3) is 0.263. The lowest BCUT2D eigenvalue weighted by molar-refractivity contribution is 0.0276. The van der Waals surface area contributed by atoms with Gasteiger partial charge in [0.2, 0.25) is 0 Å². The molecule has 3 rings (SSSR count). The first-order chi connectivity index (χ1) is 11.4. The van der Waals surface area contributed by atoms with Crippen molar-refractivity contribution in [1.29, 1.82) is 0 Å². The molecular weight excluding hydrogens is 302 g/mol. The predicted molar refractivity (Wildman–Crippen MR) is 92.7 cm³/mol. The molecule has 0 aliphatic rings. The number of amides is 1. The van der Waals surface area contributed by atoms with Gasteiger partial charge < -0.3 is 10.0 Å². The van der Waals surface area contributed by atoms with Gasteiger partial charge in [-0.25, -0.2) is 4.98 Å². The van der Waals surface area contributed by atoms with Crippen LogP contribution in [0.2, 0.25) is 0 Å². The first-order valence-electron chi connectivity index (χ1n) is 7.92. The molecule has 1 N–H and O–H groups in total. The first kappa shape index (κ1) is 16.2. The summed E-state index contributed by atoms with van der Waals surface area (Å²) in [5.74, 6) is -0.153. The number of rotatable bonds is 5. The molecule has 24 heavy (non-hydrogen) atoms. The van der Waals surface area contributed by atoms with E-state index in [0.29, 0.717) is 12.2 Å². The fourth-order valence-corrected chi connectivity index (χ4v) is 2.72. The van der Waals surface area contributed by atoms with E-state index >= 15 is 0 Å². The van der Waals surface area contributed by atoms with Crippen molar-refractivity contribution < 1.29 is 9.90 Å². The molecule has 2 heterocycles. The number of pyridine rings is 1. The van der Waals surface area contributed by atoms with Crippen molar-refractivity contribution in [1.82, 2.24) is 14.3 Å². The van der Waals surface area contributed by atoms with Crippen molar-refractivity contribution in [2.24, 2.45) is 0 Å². The highest BCUT2D eigenvalue weighted by atomic mass is 16.3. The molecule has 0 aliphatic heterocycles. The Balaban J connectivity index is 1.93. The zero-order chi connectivity index (χ0) is 17.2. The molecule has 5 heteroatoms. The Kier molecular flexibility index (Phi) is 4.36. The van der Waals surface area contributed by atoms with Crippen LogP contribution in [0.15, 0.2) is 60.9 Å². The van der Waals surface area contributed by atoms with Crippen LogP contribution < -0.4 is 0 Å². The standard InChI is InChI=1S/C19H21N3O2/c1-19(2,24)14-21(13-15-8-4-3-5-9-15)18(23)16-12-20-17-10-6-7-11-22(16)17/h3-12,24H,13-14H2,1-2H3. The normalized spacial score (nSPS) is 11.6. The zero-order valence-electron chi connectivity index (χ0n) is 13.9. The molecule has 124 valence electrons. The summed E-state index contributed by atoms with van der Waals surface area (Å²) in [5, 5.41) is 10.2. The van der Waals surface area contributed by atoms with Crippen molar-refractivity contribution >= 4 is 11.6 Å². The topological polar surface area (TPSA) is 57.8 Å². The van der Waals surface area contributed by atoms with Gasteiger partial charge in [-0.3, -0.25) is 9.20 Å². The lowest BCUT2D eigenvalue weighted by Gasteiger charge is -2.29. The number of aliphatic hydroxyl groups is 1.